The molecule has 2 aliphatic rings. The van der Waals surface area contributed by atoms with Gasteiger partial charge in [0.2, 0.25) is 0 Å². The Labute approximate surface area is 72.1 Å². The molecule has 0 N–H and O–H groups in total. The van der Waals surface area contributed by atoms with E-state index in [1.807, 2.05) is 0 Å². The standard InChI is InChI=1S/C8H12O3S/c9-7-2-1-3-8(7)4-5-12(10,11)6-8/h1-6H2. The van der Waals surface area contributed by atoms with E-state index in [0.717, 1.165) is 12.8 Å². The fourth-order valence-electron chi connectivity index (χ4n) is 2.33. The van der Waals surface area contributed by atoms with Crippen molar-refractivity contribution in [1.29, 1.82) is 0 Å². The van der Waals surface area contributed by atoms with Gasteiger partial charge in [-0.15, -0.1) is 0 Å². The van der Waals surface area contributed by atoms with Gasteiger partial charge in [0.15, 0.2) is 9.84 Å². The molecule has 1 atom stereocenters. The summed E-state index contributed by atoms with van der Waals surface area (Å²) >= 11 is 0. The molecule has 0 radical (unpaired) electrons. The molecule has 1 unspecified atom stereocenters. The first-order valence-electron chi connectivity index (χ1n) is 4.28. The first-order chi connectivity index (χ1) is 5.54. The summed E-state index contributed by atoms with van der Waals surface area (Å²) in [5.41, 5.74) is -0.446. The Balaban J connectivity index is 2.31. The molecule has 1 spiro atoms. The summed E-state index contributed by atoms with van der Waals surface area (Å²) < 4.78 is 22.4. The first-order valence-corrected chi connectivity index (χ1v) is 6.10. The summed E-state index contributed by atoms with van der Waals surface area (Å²) in [4.78, 5) is 11.4. The van der Waals surface area contributed by atoms with Crippen LogP contribution in [-0.4, -0.2) is 25.7 Å². The lowest BCUT2D eigenvalue weighted by Gasteiger charge is -2.17. The molecule has 0 aromatic heterocycles. The Morgan fingerprint density at radius 1 is 1.25 bits per heavy atom. The normalized spacial score (nSPS) is 39.5. The molecule has 12 heavy (non-hydrogen) atoms. The van der Waals surface area contributed by atoms with Crippen molar-refractivity contribution in [1.82, 2.24) is 0 Å². The Bertz CT molecular complexity index is 317. The third-order valence-electron chi connectivity index (χ3n) is 3.04. The van der Waals surface area contributed by atoms with Crippen LogP contribution in [0.2, 0.25) is 0 Å². The molecule has 0 aromatic carbocycles. The number of hydrogen-bond donors (Lipinski definition) is 0. The summed E-state index contributed by atoms with van der Waals surface area (Å²) in [6, 6.07) is 0. The molecule has 1 saturated heterocycles. The Hall–Kier alpha value is -0.380. The second-order valence-electron chi connectivity index (χ2n) is 3.90. The highest BCUT2D eigenvalue weighted by Gasteiger charge is 2.49. The zero-order chi connectivity index (χ0) is 8.82. The number of ketones is 1. The van der Waals surface area contributed by atoms with E-state index < -0.39 is 15.3 Å². The van der Waals surface area contributed by atoms with E-state index in [1.54, 1.807) is 0 Å². The lowest BCUT2D eigenvalue weighted by molar-refractivity contribution is -0.124. The van der Waals surface area contributed by atoms with Crippen molar-refractivity contribution in [3.63, 3.8) is 0 Å². The summed E-state index contributed by atoms with van der Waals surface area (Å²) in [6.45, 7) is 0. The van der Waals surface area contributed by atoms with Crippen LogP contribution in [-0.2, 0) is 14.6 Å². The van der Waals surface area contributed by atoms with E-state index in [9.17, 15) is 13.2 Å². The minimum absolute atomic E-state index is 0.124. The summed E-state index contributed by atoms with van der Waals surface area (Å²) in [7, 11) is -2.89. The van der Waals surface area contributed by atoms with Crippen LogP contribution in [0.4, 0.5) is 0 Å². The van der Waals surface area contributed by atoms with E-state index in [1.165, 1.54) is 0 Å². The fraction of sp³-hybridized carbons (Fsp3) is 0.875. The van der Waals surface area contributed by atoms with Gasteiger partial charge in [-0.1, -0.05) is 0 Å². The summed E-state index contributed by atoms with van der Waals surface area (Å²) in [6.07, 6.45) is 2.85. The van der Waals surface area contributed by atoms with Crippen molar-refractivity contribution < 1.29 is 13.2 Å². The maximum Gasteiger partial charge on any atom is 0.151 e. The Morgan fingerprint density at radius 2 is 2.00 bits per heavy atom. The lowest BCUT2D eigenvalue weighted by atomic mass is 9.85. The second kappa shape index (κ2) is 2.31. The highest BCUT2D eigenvalue weighted by molar-refractivity contribution is 7.91. The van der Waals surface area contributed by atoms with Gasteiger partial charge in [-0.25, -0.2) is 8.42 Å². The zero-order valence-electron chi connectivity index (χ0n) is 6.88. The molecular formula is C8H12O3S. The number of Topliss-reactive ketones (excluding diaryl/α,β-unsaturated/α-hetero) is 1. The quantitative estimate of drug-likeness (QED) is 0.557. The van der Waals surface area contributed by atoms with Gasteiger partial charge in [-0.2, -0.15) is 0 Å². The average molecular weight is 188 g/mol. The number of carbonyl (C=O) groups is 1. The van der Waals surface area contributed by atoms with Gasteiger partial charge in [0.05, 0.1) is 11.5 Å². The topological polar surface area (TPSA) is 51.2 Å². The van der Waals surface area contributed by atoms with Gasteiger partial charge in [-0.05, 0) is 19.3 Å². The molecule has 1 aliphatic heterocycles. The zero-order valence-corrected chi connectivity index (χ0v) is 7.69. The highest BCUT2D eigenvalue weighted by atomic mass is 32.2. The van der Waals surface area contributed by atoms with E-state index in [2.05, 4.69) is 0 Å². The van der Waals surface area contributed by atoms with Crippen LogP contribution in [0, 0.1) is 5.41 Å². The Morgan fingerprint density at radius 3 is 2.42 bits per heavy atom. The fourth-order valence-corrected chi connectivity index (χ4v) is 4.46. The summed E-state index contributed by atoms with van der Waals surface area (Å²) in [5.74, 6) is 0.529. The van der Waals surface area contributed by atoms with Crippen molar-refractivity contribution in [2.24, 2.45) is 5.41 Å². The molecule has 1 saturated carbocycles. The van der Waals surface area contributed by atoms with Gasteiger partial charge < -0.3 is 0 Å². The number of hydrogen-bond acceptors (Lipinski definition) is 3. The van der Waals surface area contributed by atoms with Gasteiger partial charge in [0.1, 0.15) is 5.78 Å². The third-order valence-corrected chi connectivity index (χ3v) is 4.86. The first kappa shape index (κ1) is 8.23. The van der Waals surface area contributed by atoms with Crippen molar-refractivity contribution >= 4 is 15.6 Å². The van der Waals surface area contributed by atoms with Gasteiger partial charge in [0.25, 0.3) is 0 Å². The third kappa shape index (κ3) is 1.09. The van der Waals surface area contributed by atoms with E-state index in [0.29, 0.717) is 12.8 Å². The largest absolute Gasteiger partial charge is 0.299 e. The Kier molecular flexibility index (Phi) is 1.59. The van der Waals surface area contributed by atoms with E-state index in [-0.39, 0.29) is 17.3 Å². The monoisotopic (exact) mass is 188 g/mol. The molecule has 0 amide bonds. The van der Waals surface area contributed by atoms with Crippen LogP contribution in [0.25, 0.3) is 0 Å². The van der Waals surface area contributed by atoms with Crippen LogP contribution >= 0.6 is 0 Å². The average Bonchev–Trinajstić information content (AvgIpc) is 2.43. The number of sulfone groups is 1. The molecule has 1 aliphatic carbocycles. The van der Waals surface area contributed by atoms with Crippen molar-refractivity contribution in [2.75, 3.05) is 11.5 Å². The smallest absolute Gasteiger partial charge is 0.151 e. The van der Waals surface area contributed by atoms with Crippen molar-refractivity contribution in [3.8, 4) is 0 Å². The minimum Gasteiger partial charge on any atom is -0.299 e. The maximum atomic E-state index is 11.4. The molecule has 1 heterocycles. The van der Waals surface area contributed by atoms with Crippen LogP contribution in [0.15, 0.2) is 0 Å². The summed E-state index contributed by atoms with van der Waals surface area (Å²) in [5, 5.41) is 0. The van der Waals surface area contributed by atoms with Crippen LogP contribution in [0.1, 0.15) is 25.7 Å². The molecule has 3 nitrogen and oxygen atoms in total. The number of rotatable bonds is 0. The lowest BCUT2D eigenvalue weighted by Crippen LogP contribution is -2.26. The van der Waals surface area contributed by atoms with Crippen LogP contribution < -0.4 is 0 Å². The highest BCUT2D eigenvalue weighted by Crippen LogP contribution is 2.43. The molecule has 2 fully saturated rings. The van der Waals surface area contributed by atoms with E-state index in [4.69, 9.17) is 0 Å². The molecule has 0 aromatic rings. The van der Waals surface area contributed by atoms with Gasteiger partial charge >= 0.3 is 0 Å². The molecule has 4 heteroatoms. The second-order valence-corrected chi connectivity index (χ2v) is 6.08. The predicted octanol–water partition coefficient (Wildman–Crippen LogP) is 0.544. The van der Waals surface area contributed by atoms with Crippen molar-refractivity contribution in [2.45, 2.75) is 25.7 Å². The molecular weight excluding hydrogens is 176 g/mol. The number of carbonyl (C=O) groups excluding carboxylic acids is 1. The van der Waals surface area contributed by atoms with Crippen LogP contribution in [0.5, 0.6) is 0 Å². The van der Waals surface area contributed by atoms with E-state index >= 15 is 0 Å². The van der Waals surface area contributed by atoms with Crippen LogP contribution in [0.3, 0.4) is 0 Å². The van der Waals surface area contributed by atoms with Gasteiger partial charge in [0, 0.05) is 11.8 Å². The predicted molar refractivity (Wildman–Crippen MR) is 44.6 cm³/mol. The van der Waals surface area contributed by atoms with Crippen molar-refractivity contribution in [3.05, 3.63) is 0 Å². The molecule has 0 bridgehead atoms. The molecule has 2 rings (SSSR count). The molecule has 68 valence electrons. The maximum absolute atomic E-state index is 11.4. The van der Waals surface area contributed by atoms with Gasteiger partial charge in [-0.3, -0.25) is 4.79 Å². The SMILES string of the molecule is O=C1CCCC12CCS(=O)(=O)C2. The minimum atomic E-state index is -2.89.